The maximum atomic E-state index is 12.4. The molecule has 0 radical (unpaired) electrons. The normalized spacial score (nSPS) is 12.9. The number of hydrogen-bond donors (Lipinski definition) is 3. The standard InChI is InChI=1S/C16H22N4O2/c1-10(2)15(16(22)20-12(4)19-9-17)11(3)13-5-6-14(8-21)18-7-13/h5-7,9-10,21H,8H2,1-4H3,(H2,17,19,20,22)/b15-11+. The number of pyridine rings is 1. The second-order valence-corrected chi connectivity index (χ2v) is 5.19. The molecule has 1 rings (SSSR count). The Morgan fingerprint density at radius 3 is 2.59 bits per heavy atom. The number of aromatic nitrogens is 1. The summed E-state index contributed by atoms with van der Waals surface area (Å²) in [6.45, 7) is 7.27. The molecule has 6 nitrogen and oxygen atoms in total. The second-order valence-electron chi connectivity index (χ2n) is 5.19. The highest BCUT2D eigenvalue weighted by Gasteiger charge is 2.18. The van der Waals surface area contributed by atoms with Gasteiger partial charge in [-0.15, -0.1) is 0 Å². The molecule has 118 valence electrons. The van der Waals surface area contributed by atoms with E-state index in [9.17, 15) is 4.79 Å². The van der Waals surface area contributed by atoms with E-state index in [4.69, 9.17) is 10.5 Å². The molecule has 0 aliphatic heterocycles. The number of rotatable bonds is 5. The summed E-state index contributed by atoms with van der Waals surface area (Å²) < 4.78 is 0. The first kappa shape index (κ1) is 17.7. The summed E-state index contributed by atoms with van der Waals surface area (Å²) in [7, 11) is 0. The number of allylic oxidation sites excluding steroid dienone is 1. The zero-order valence-electron chi connectivity index (χ0n) is 13.3. The second kappa shape index (κ2) is 8.19. The van der Waals surface area contributed by atoms with E-state index in [1.54, 1.807) is 19.2 Å². The van der Waals surface area contributed by atoms with Gasteiger partial charge in [-0.2, -0.15) is 0 Å². The van der Waals surface area contributed by atoms with Crippen LogP contribution in [0.4, 0.5) is 0 Å². The largest absolute Gasteiger partial charge is 0.390 e. The van der Waals surface area contributed by atoms with Gasteiger partial charge in [0.05, 0.1) is 12.3 Å². The van der Waals surface area contributed by atoms with Crippen LogP contribution in [-0.2, 0) is 11.4 Å². The number of nitrogens with one attached hydrogen (secondary N) is 2. The van der Waals surface area contributed by atoms with Crippen LogP contribution in [0, 0.1) is 11.3 Å². The Bertz CT molecular complexity index is 601. The fourth-order valence-electron chi connectivity index (χ4n) is 2.12. The number of carbonyl (C=O) groups excluding carboxylic acids is 1. The lowest BCUT2D eigenvalue weighted by molar-refractivity contribution is -0.116. The van der Waals surface area contributed by atoms with Gasteiger partial charge in [0, 0.05) is 11.8 Å². The number of amides is 1. The Hall–Kier alpha value is -2.34. The summed E-state index contributed by atoms with van der Waals surface area (Å²) in [6.07, 6.45) is 2.54. The zero-order valence-corrected chi connectivity index (χ0v) is 13.3. The van der Waals surface area contributed by atoms with Gasteiger partial charge in [-0.3, -0.25) is 15.2 Å². The molecule has 1 amide bonds. The van der Waals surface area contributed by atoms with Crippen LogP contribution in [0.1, 0.15) is 39.0 Å². The molecule has 1 heterocycles. The van der Waals surface area contributed by atoms with E-state index < -0.39 is 0 Å². The van der Waals surface area contributed by atoms with Crippen LogP contribution in [0.5, 0.6) is 0 Å². The number of aliphatic hydroxyl groups is 1. The van der Waals surface area contributed by atoms with Gasteiger partial charge in [0.15, 0.2) is 0 Å². The van der Waals surface area contributed by atoms with Gasteiger partial charge >= 0.3 is 0 Å². The summed E-state index contributed by atoms with van der Waals surface area (Å²) in [5, 5.41) is 18.6. The van der Waals surface area contributed by atoms with Crippen LogP contribution < -0.4 is 5.32 Å². The number of carbonyl (C=O) groups is 1. The molecule has 0 saturated carbocycles. The monoisotopic (exact) mass is 302 g/mol. The first-order chi connectivity index (χ1) is 10.4. The van der Waals surface area contributed by atoms with E-state index >= 15 is 0 Å². The summed E-state index contributed by atoms with van der Waals surface area (Å²) in [4.78, 5) is 20.3. The van der Waals surface area contributed by atoms with Gasteiger partial charge in [-0.1, -0.05) is 19.9 Å². The molecular weight excluding hydrogens is 280 g/mol. The molecule has 3 N–H and O–H groups in total. The van der Waals surface area contributed by atoms with Crippen molar-refractivity contribution in [3.05, 3.63) is 35.2 Å². The van der Waals surface area contributed by atoms with Gasteiger partial charge in [-0.05, 0) is 37.0 Å². The van der Waals surface area contributed by atoms with Crippen molar-refractivity contribution in [2.45, 2.75) is 34.3 Å². The highest BCUT2D eigenvalue weighted by molar-refractivity contribution is 6.10. The number of aliphatic imine (C=N–C) groups is 1. The van der Waals surface area contributed by atoms with Crippen LogP contribution in [0.3, 0.4) is 0 Å². The van der Waals surface area contributed by atoms with Crippen LogP contribution in [-0.4, -0.2) is 28.2 Å². The van der Waals surface area contributed by atoms with Gasteiger partial charge in [0.25, 0.3) is 5.91 Å². The Morgan fingerprint density at radius 2 is 2.14 bits per heavy atom. The summed E-state index contributed by atoms with van der Waals surface area (Å²) in [6, 6.07) is 3.57. The predicted molar refractivity (Wildman–Crippen MR) is 87.6 cm³/mol. The summed E-state index contributed by atoms with van der Waals surface area (Å²) in [5.74, 6) is 0.159. The average molecular weight is 302 g/mol. The summed E-state index contributed by atoms with van der Waals surface area (Å²) in [5.41, 5.74) is 2.88. The molecule has 6 heteroatoms. The average Bonchev–Trinajstić information content (AvgIpc) is 2.47. The van der Waals surface area contributed by atoms with Crippen LogP contribution in [0.15, 0.2) is 28.9 Å². The maximum Gasteiger partial charge on any atom is 0.253 e. The minimum absolute atomic E-state index is 0.0188. The molecule has 22 heavy (non-hydrogen) atoms. The van der Waals surface area contributed by atoms with Crippen molar-refractivity contribution in [3.8, 4) is 0 Å². The van der Waals surface area contributed by atoms with Gasteiger partial charge < -0.3 is 10.4 Å². The number of aliphatic hydroxyl groups excluding tert-OH is 1. The SMILES string of the molecule is CC(=NC=N)NC(=O)/C(=C(\C)c1ccc(CO)nc1)C(C)C. The van der Waals surface area contributed by atoms with Gasteiger partial charge in [0.1, 0.15) is 12.2 Å². The molecule has 0 aliphatic rings. The highest BCUT2D eigenvalue weighted by atomic mass is 16.3. The molecule has 1 aromatic heterocycles. The Morgan fingerprint density at radius 1 is 1.45 bits per heavy atom. The smallest absolute Gasteiger partial charge is 0.253 e. The molecule has 0 bridgehead atoms. The van der Waals surface area contributed by atoms with Crippen LogP contribution in [0.25, 0.3) is 5.57 Å². The molecule has 1 aromatic rings. The number of nitrogens with zero attached hydrogens (tertiary/aromatic N) is 2. The maximum absolute atomic E-state index is 12.4. The Labute approximate surface area is 130 Å². The predicted octanol–water partition coefficient (Wildman–Crippen LogP) is 2.15. The van der Waals surface area contributed by atoms with E-state index in [-0.39, 0.29) is 18.4 Å². The van der Waals surface area contributed by atoms with Crippen molar-refractivity contribution in [3.63, 3.8) is 0 Å². The fourth-order valence-corrected chi connectivity index (χ4v) is 2.12. The van der Waals surface area contributed by atoms with Crippen molar-refractivity contribution >= 4 is 23.7 Å². The third-order valence-electron chi connectivity index (χ3n) is 3.20. The molecule has 0 aliphatic carbocycles. The van der Waals surface area contributed by atoms with E-state index in [0.29, 0.717) is 17.1 Å². The van der Waals surface area contributed by atoms with E-state index in [0.717, 1.165) is 17.5 Å². The van der Waals surface area contributed by atoms with Crippen molar-refractivity contribution < 1.29 is 9.90 Å². The first-order valence-corrected chi connectivity index (χ1v) is 7.02. The molecule has 0 saturated heterocycles. The molecule has 0 fully saturated rings. The van der Waals surface area contributed by atoms with Crippen molar-refractivity contribution in [1.82, 2.24) is 10.3 Å². The van der Waals surface area contributed by atoms with Crippen molar-refractivity contribution in [2.24, 2.45) is 10.9 Å². The third-order valence-corrected chi connectivity index (χ3v) is 3.20. The molecule has 0 atom stereocenters. The lowest BCUT2D eigenvalue weighted by Crippen LogP contribution is -2.31. The van der Waals surface area contributed by atoms with Gasteiger partial charge in [-0.25, -0.2) is 4.99 Å². The van der Waals surface area contributed by atoms with E-state index in [1.807, 2.05) is 26.8 Å². The number of hydrogen-bond acceptors (Lipinski definition) is 4. The molecule has 0 aromatic carbocycles. The first-order valence-electron chi connectivity index (χ1n) is 7.02. The lowest BCUT2D eigenvalue weighted by Gasteiger charge is -2.16. The van der Waals surface area contributed by atoms with Crippen molar-refractivity contribution in [2.75, 3.05) is 0 Å². The molecule has 0 unspecified atom stereocenters. The summed E-state index contributed by atoms with van der Waals surface area (Å²) >= 11 is 0. The van der Waals surface area contributed by atoms with E-state index in [2.05, 4.69) is 15.3 Å². The van der Waals surface area contributed by atoms with Gasteiger partial charge in [0.2, 0.25) is 0 Å². The number of amidine groups is 1. The molecular formula is C16H22N4O2. The molecule has 0 spiro atoms. The quantitative estimate of drug-likeness (QED) is 0.441. The zero-order chi connectivity index (χ0) is 16.7. The highest BCUT2D eigenvalue weighted by Crippen LogP contribution is 2.23. The lowest BCUT2D eigenvalue weighted by atomic mass is 9.93. The Balaban J connectivity index is 3.17. The Kier molecular flexibility index (Phi) is 6.59. The minimum Gasteiger partial charge on any atom is -0.390 e. The topological polar surface area (TPSA) is 98.4 Å². The third kappa shape index (κ3) is 4.60. The minimum atomic E-state index is -0.234. The van der Waals surface area contributed by atoms with Crippen LogP contribution in [0.2, 0.25) is 0 Å². The van der Waals surface area contributed by atoms with E-state index in [1.165, 1.54) is 0 Å². The van der Waals surface area contributed by atoms with Crippen LogP contribution >= 0.6 is 0 Å². The van der Waals surface area contributed by atoms with Crippen molar-refractivity contribution in [1.29, 1.82) is 5.41 Å². The fraction of sp³-hybridized carbons (Fsp3) is 0.375.